The van der Waals surface area contributed by atoms with E-state index in [0.717, 1.165) is 19.4 Å². The number of nitrogens with zero attached hydrogens (tertiary/aromatic N) is 3. The van der Waals surface area contributed by atoms with Crippen molar-refractivity contribution in [3.8, 4) is 11.5 Å². The Bertz CT molecular complexity index is 862. The smallest absolute Gasteiger partial charge is 0.236 e. The maximum Gasteiger partial charge on any atom is 0.236 e. The number of aromatic nitrogens is 1. The summed E-state index contributed by atoms with van der Waals surface area (Å²) >= 11 is 0. The van der Waals surface area contributed by atoms with Crippen molar-refractivity contribution in [2.45, 2.75) is 25.3 Å². The van der Waals surface area contributed by atoms with E-state index in [1.54, 1.807) is 12.1 Å². The summed E-state index contributed by atoms with van der Waals surface area (Å²) in [7, 11) is 0. The van der Waals surface area contributed by atoms with Gasteiger partial charge in [0.2, 0.25) is 17.7 Å². The van der Waals surface area contributed by atoms with Gasteiger partial charge in [0.1, 0.15) is 12.1 Å². The Labute approximate surface area is 186 Å². The average Bonchev–Trinajstić information content (AvgIpc) is 3.17. The summed E-state index contributed by atoms with van der Waals surface area (Å²) in [5.41, 5.74) is 1.21. The molecule has 1 N–H and O–H groups in total. The van der Waals surface area contributed by atoms with Crippen molar-refractivity contribution < 1.29 is 18.4 Å². The first-order valence-electron chi connectivity index (χ1n) is 9.58. The van der Waals surface area contributed by atoms with Crippen molar-refractivity contribution in [3.63, 3.8) is 0 Å². The number of oxazole rings is 1. The highest BCUT2D eigenvalue weighted by Crippen LogP contribution is 2.21. The number of nitrogens with one attached hydrogen (secondary N) is 1. The predicted molar refractivity (Wildman–Crippen MR) is 114 cm³/mol. The molecule has 0 bridgehead atoms. The molecule has 2 aliphatic rings. The van der Waals surface area contributed by atoms with Crippen LogP contribution in [0.15, 0.2) is 34.9 Å². The van der Waals surface area contributed by atoms with Crippen LogP contribution >= 0.6 is 24.8 Å². The molecule has 30 heavy (non-hydrogen) atoms. The molecule has 2 aromatic rings. The number of carbonyl (C=O) groups is 2. The summed E-state index contributed by atoms with van der Waals surface area (Å²) in [4.78, 5) is 33.0. The predicted octanol–water partition coefficient (Wildman–Crippen LogP) is 2.29. The van der Waals surface area contributed by atoms with Gasteiger partial charge in [0.15, 0.2) is 0 Å². The molecule has 0 radical (unpaired) electrons. The van der Waals surface area contributed by atoms with E-state index < -0.39 is 0 Å². The van der Waals surface area contributed by atoms with Crippen molar-refractivity contribution in [3.05, 3.63) is 42.0 Å². The highest BCUT2D eigenvalue weighted by molar-refractivity contribution is 5.85. The van der Waals surface area contributed by atoms with Crippen molar-refractivity contribution in [2.24, 2.45) is 0 Å². The summed E-state index contributed by atoms with van der Waals surface area (Å²) in [6.07, 6.45) is 3.42. The lowest BCUT2D eigenvalue weighted by Crippen LogP contribution is -2.57. The second-order valence-corrected chi connectivity index (χ2v) is 7.23. The van der Waals surface area contributed by atoms with E-state index >= 15 is 0 Å². The largest absolute Gasteiger partial charge is 0.444 e. The lowest BCUT2D eigenvalue weighted by Gasteiger charge is -2.41. The summed E-state index contributed by atoms with van der Waals surface area (Å²) in [5, 5.41) is 3.08. The molecule has 4 rings (SSSR count). The quantitative estimate of drug-likeness (QED) is 0.760. The normalized spacial score (nSPS) is 19.1. The zero-order chi connectivity index (χ0) is 19.5. The number of carbonyl (C=O) groups excluding carboxylic acids is 2. The summed E-state index contributed by atoms with van der Waals surface area (Å²) in [6.45, 7) is 3.11. The van der Waals surface area contributed by atoms with Gasteiger partial charge in [-0.25, -0.2) is 9.37 Å². The minimum absolute atomic E-state index is 0. The zero-order valence-electron chi connectivity index (χ0n) is 16.4. The van der Waals surface area contributed by atoms with E-state index in [0.29, 0.717) is 43.3 Å². The molecule has 2 amide bonds. The number of halogens is 3. The molecule has 164 valence electrons. The molecule has 0 saturated carbocycles. The van der Waals surface area contributed by atoms with Gasteiger partial charge in [-0.15, -0.1) is 24.8 Å². The Balaban J connectivity index is 0.00000160. The number of hydrogen-bond acceptors (Lipinski definition) is 5. The van der Waals surface area contributed by atoms with Crippen LogP contribution in [0.3, 0.4) is 0 Å². The lowest BCUT2D eigenvalue weighted by molar-refractivity contribution is -0.140. The summed E-state index contributed by atoms with van der Waals surface area (Å²) in [6, 6.07) is 5.95. The van der Waals surface area contributed by atoms with Crippen LogP contribution in [0.5, 0.6) is 0 Å². The SMILES string of the molecule is Cl.Cl.O=C(Cc1coc(-c2ccc(F)cc2)n1)N1CCCC(N2CCNCC2=O)C1. The molecule has 7 nitrogen and oxygen atoms in total. The number of amides is 2. The molecule has 2 aliphatic heterocycles. The standard InChI is InChI=1S/C20H23FN4O3.2ClH/c21-15-5-3-14(4-6-15)20-23-16(13-28-20)10-18(26)24-8-1-2-17(12-24)25-9-7-22-11-19(25)27;;/h3-6,13,17,22H,1-2,7-12H2;2*1H. The first-order valence-corrected chi connectivity index (χ1v) is 9.58. The number of rotatable bonds is 4. The number of piperidine rings is 1. The van der Waals surface area contributed by atoms with Gasteiger partial charge in [-0.3, -0.25) is 9.59 Å². The first kappa shape index (κ1) is 24.1. The monoisotopic (exact) mass is 458 g/mol. The molecule has 3 heterocycles. The topological polar surface area (TPSA) is 78.7 Å². The molecule has 10 heteroatoms. The van der Waals surface area contributed by atoms with E-state index in [-0.39, 0.29) is 54.9 Å². The van der Waals surface area contributed by atoms with Crippen LogP contribution in [0.25, 0.3) is 11.5 Å². The molecule has 2 fully saturated rings. The Morgan fingerprint density at radius 1 is 1.23 bits per heavy atom. The maximum atomic E-state index is 13.0. The minimum Gasteiger partial charge on any atom is -0.444 e. The number of hydrogen-bond donors (Lipinski definition) is 1. The van der Waals surface area contributed by atoms with Crippen LogP contribution in [-0.4, -0.2) is 65.4 Å². The minimum atomic E-state index is -0.326. The van der Waals surface area contributed by atoms with E-state index in [2.05, 4.69) is 10.3 Å². The van der Waals surface area contributed by atoms with Crippen LogP contribution in [0.1, 0.15) is 18.5 Å². The summed E-state index contributed by atoms with van der Waals surface area (Å²) in [5.74, 6) is 0.122. The lowest BCUT2D eigenvalue weighted by atomic mass is 10.0. The summed E-state index contributed by atoms with van der Waals surface area (Å²) < 4.78 is 18.5. The van der Waals surface area contributed by atoms with Crippen LogP contribution in [-0.2, 0) is 16.0 Å². The van der Waals surface area contributed by atoms with Crippen LogP contribution in [0, 0.1) is 5.82 Å². The maximum absolute atomic E-state index is 13.0. The Morgan fingerprint density at radius 3 is 2.73 bits per heavy atom. The molecular formula is C20H25Cl2FN4O3. The highest BCUT2D eigenvalue weighted by atomic mass is 35.5. The molecule has 1 aromatic heterocycles. The van der Waals surface area contributed by atoms with Gasteiger partial charge in [0.05, 0.1) is 18.7 Å². The molecule has 1 unspecified atom stereocenters. The Hall–Kier alpha value is -2.16. The van der Waals surface area contributed by atoms with Crippen molar-refractivity contribution in [1.82, 2.24) is 20.1 Å². The third-order valence-corrected chi connectivity index (χ3v) is 5.29. The van der Waals surface area contributed by atoms with Gasteiger partial charge in [-0.1, -0.05) is 0 Å². The van der Waals surface area contributed by atoms with Gasteiger partial charge in [-0.05, 0) is 37.1 Å². The highest BCUT2D eigenvalue weighted by Gasteiger charge is 2.31. The fraction of sp³-hybridized carbons (Fsp3) is 0.450. The van der Waals surface area contributed by atoms with Crippen LogP contribution < -0.4 is 5.32 Å². The molecule has 1 aromatic carbocycles. The van der Waals surface area contributed by atoms with Gasteiger partial charge in [-0.2, -0.15) is 0 Å². The third kappa shape index (κ3) is 5.50. The average molecular weight is 459 g/mol. The van der Waals surface area contributed by atoms with E-state index in [1.165, 1.54) is 18.4 Å². The van der Waals surface area contributed by atoms with E-state index in [1.807, 2.05) is 9.80 Å². The Morgan fingerprint density at radius 2 is 2.00 bits per heavy atom. The number of likely N-dealkylation sites (tertiary alicyclic amines) is 1. The van der Waals surface area contributed by atoms with Crippen molar-refractivity contribution in [2.75, 3.05) is 32.7 Å². The Kier molecular flexibility index (Phi) is 8.64. The van der Waals surface area contributed by atoms with Crippen molar-refractivity contribution in [1.29, 1.82) is 0 Å². The van der Waals surface area contributed by atoms with Crippen LogP contribution in [0.4, 0.5) is 4.39 Å². The molecule has 0 spiro atoms. The number of piperazine rings is 1. The van der Waals surface area contributed by atoms with Crippen LogP contribution in [0.2, 0.25) is 0 Å². The van der Waals surface area contributed by atoms with Gasteiger partial charge < -0.3 is 19.5 Å². The molecule has 2 saturated heterocycles. The molecular weight excluding hydrogens is 434 g/mol. The second kappa shape index (κ2) is 10.7. The van der Waals surface area contributed by atoms with Gasteiger partial charge in [0, 0.05) is 37.8 Å². The zero-order valence-corrected chi connectivity index (χ0v) is 18.0. The van der Waals surface area contributed by atoms with Gasteiger partial charge >= 0.3 is 0 Å². The van der Waals surface area contributed by atoms with Crippen molar-refractivity contribution >= 4 is 36.6 Å². The second-order valence-electron chi connectivity index (χ2n) is 7.23. The van der Waals surface area contributed by atoms with Gasteiger partial charge in [0.25, 0.3) is 0 Å². The fourth-order valence-electron chi connectivity index (χ4n) is 3.82. The van der Waals surface area contributed by atoms with E-state index in [9.17, 15) is 14.0 Å². The molecule has 1 atom stereocenters. The molecule has 0 aliphatic carbocycles. The first-order chi connectivity index (χ1) is 13.6. The third-order valence-electron chi connectivity index (χ3n) is 5.29. The number of benzene rings is 1. The van der Waals surface area contributed by atoms with E-state index in [4.69, 9.17) is 4.42 Å². The fourth-order valence-corrected chi connectivity index (χ4v) is 3.82.